The molecule has 0 aromatic heterocycles. The molecular formula is C24H29O4. The maximum absolute atomic E-state index is 11.7. The average Bonchev–Trinajstić information content (AvgIpc) is 2.74. The largest absolute Gasteiger partial charge is 0.494 e. The molecule has 4 nitrogen and oxygen atoms in total. The van der Waals surface area contributed by atoms with Gasteiger partial charge < -0.3 is 9.47 Å². The lowest BCUT2D eigenvalue weighted by atomic mass is 10.1. The Morgan fingerprint density at radius 2 is 1.50 bits per heavy atom. The van der Waals surface area contributed by atoms with E-state index >= 15 is 0 Å². The van der Waals surface area contributed by atoms with E-state index in [2.05, 4.69) is 24.3 Å². The topological polar surface area (TPSA) is 52.6 Å². The lowest BCUT2D eigenvalue weighted by molar-refractivity contribution is -0.143. The Morgan fingerprint density at radius 1 is 0.786 bits per heavy atom. The quantitative estimate of drug-likeness (QED) is 0.340. The standard InChI is InChI=1S/C24H29O4/c25-20-22-14-16-23(17-15-22)27-18-8-3-7-13-24(26)28-19-9-2-6-12-21-10-4-1-5-11-21/h1,4-5,10-11,14-17H,2-3,6-9,12-13,18-19H2. The van der Waals surface area contributed by atoms with E-state index < -0.39 is 0 Å². The minimum atomic E-state index is -0.107. The van der Waals surface area contributed by atoms with Crippen LogP contribution in [0, 0.1) is 0 Å². The third-order valence-electron chi connectivity index (χ3n) is 4.48. The molecule has 149 valence electrons. The predicted molar refractivity (Wildman–Crippen MR) is 110 cm³/mol. The summed E-state index contributed by atoms with van der Waals surface area (Å²) in [5.74, 6) is 0.635. The van der Waals surface area contributed by atoms with Gasteiger partial charge >= 0.3 is 5.97 Å². The maximum atomic E-state index is 11.7. The fourth-order valence-electron chi connectivity index (χ4n) is 2.87. The summed E-state index contributed by atoms with van der Waals surface area (Å²) in [5.41, 5.74) is 1.88. The molecule has 2 aromatic carbocycles. The second-order valence-corrected chi connectivity index (χ2v) is 6.80. The second-order valence-electron chi connectivity index (χ2n) is 6.80. The number of rotatable bonds is 14. The van der Waals surface area contributed by atoms with Crippen molar-refractivity contribution in [1.82, 2.24) is 0 Å². The molecule has 0 heterocycles. The van der Waals surface area contributed by atoms with Gasteiger partial charge in [0.1, 0.15) is 5.75 Å². The molecule has 0 spiro atoms. The second kappa shape index (κ2) is 13.5. The highest BCUT2D eigenvalue weighted by molar-refractivity contribution is 5.75. The van der Waals surface area contributed by atoms with E-state index in [1.165, 1.54) is 5.56 Å². The van der Waals surface area contributed by atoms with Crippen LogP contribution >= 0.6 is 0 Å². The summed E-state index contributed by atoms with van der Waals surface area (Å²) in [6.07, 6.45) is 9.12. The van der Waals surface area contributed by atoms with E-state index in [-0.39, 0.29) is 5.97 Å². The van der Waals surface area contributed by atoms with Crippen molar-refractivity contribution < 1.29 is 19.1 Å². The molecule has 28 heavy (non-hydrogen) atoms. The fraction of sp³-hybridized carbons (Fsp3) is 0.417. The summed E-state index contributed by atoms with van der Waals surface area (Å²) in [7, 11) is 0. The third-order valence-corrected chi connectivity index (χ3v) is 4.48. The lowest BCUT2D eigenvalue weighted by Crippen LogP contribution is -2.06. The van der Waals surface area contributed by atoms with Gasteiger partial charge in [-0.1, -0.05) is 30.3 Å². The zero-order valence-electron chi connectivity index (χ0n) is 16.4. The predicted octanol–water partition coefficient (Wildman–Crippen LogP) is 5.04. The van der Waals surface area contributed by atoms with Crippen LogP contribution < -0.4 is 4.74 Å². The van der Waals surface area contributed by atoms with Gasteiger partial charge in [0.15, 0.2) is 0 Å². The summed E-state index contributed by atoms with van der Waals surface area (Å²) in [6.45, 7) is 1.12. The number of aryl methyl sites for hydroxylation is 1. The molecule has 1 radical (unpaired) electrons. The Kier molecular flexibility index (Phi) is 10.5. The van der Waals surface area contributed by atoms with Gasteiger partial charge in [-0.25, -0.2) is 0 Å². The normalized spacial score (nSPS) is 10.4. The number of unbranched alkanes of at least 4 members (excludes halogenated alkanes) is 4. The van der Waals surface area contributed by atoms with Crippen molar-refractivity contribution in [3.8, 4) is 5.75 Å². The first-order valence-corrected chi connectivity index (χ1v) is 10.1. The first-order chi connectivity index (χ1) is 13.8. The van der Waals surface area contributed by atoms with E-state index in [1.54, 1.807) is 24.3 Å². The number of carbonyl (C=O) groups excluding carboxylic acids is 2. The van der Waals surface area contributed by atoms with Crippen LogP contribution in [0.4, 0.5) is 0 Å². The van der Waals surface area contributed by atoms with Crippen molar-refractivity contribution in [1.29, 1.82) is 0 Å². The highest BCUT2D eigenvalue weighted by atomic mass is 16.5. The highest BCUT2D eigenvalue weighted by Gasteiger charge is 2.03. The van der Waals surface area contributed by atoms with E-state index in [0.717, 1.165) is 50.7 Å². The molecule has 4 heteroatoms. The van der Waals surface area contributed by atoms with Crippen molar-refractivity contribution in [2.24, 2.45) is 0 Å². The SMILES string of the molecule is O=[C]c1ccc(OCCCCCC(=O)OCCCCCc2ccccc2)cc1. The minimum absolute atomic E-state index is 0.107. The molecular weight excluding hydrogens is 352 g/mol. The molecule has 0 saturated carbocycles. The highest BCUT2D eigenvalue weighted by Crippen LogP contribution is 2.12. The Bertz CT molecular complexity index is 680. The summed E-state index contributed by atoms with van der Waals surface area (Å²) in [4.78, 5) is 22.2. The Balaban J connectivity index is 1.39. The molecule has 0 N–H and O–H groups in total. The van der Waals surface area contributed by atoms with Gasteiger partial charge in [-0.15, -0.1) is 0 Å². The van der Waals surface area contributed by atoms with Gasteiger partial charge in [-0.05, 0) is 74.8 Å². The number of hydrogen-bond acceptors (Lipinski definition) is 4. The Hall–Kier alpha value is -2.62. The lowest BCUT2D eigenvalue weighted by Gasteiger charge is -2.07. The Morgan fingerprint density at radius 3 is 2.25 bits per heavy atom. The van der Waals surface area contributed by atoms with Crippen LogP contribution in [0.2, 0.25) is 0 Å². The molecule has 2 aromatic rings. The number of carbonyl (C=O) groups is 1. The van der Waals surface area contributed by atoms with Crippen LogP contribution in [0.25, 0.3) is 0 Å². The first-order valence-electron chi connectivity index (χ1n) is 10.1. The first kappa shape index (κ1) is 21.7. The van der Waals surface area contributed by atoms with Crippen LogP contribution in [0.15, 0.2) is 54.6 Å². The van der Waals surface area contributed by atoms with E-state index in [4.69, 9.17) is 9.47 Å². The van der Waals surface area contributed by atoms with E-state index in [0.29, 0.717) is 25.2 Å². The monoisotopic (exact) mass is 381 g/mol. The molecule has 0 saturated heterocycles. The molecule has 0 aliphatic heterocycles. The maximum Gasteiger partial charge on any atom is 0.305 e. The van der Waals surface area contributed by atoms with Gasteiger partial charge in [0.05, 0.1) is 13.2 Å². The molecule has 2 rings (SSSR count). The fourth-order valence-corrected chi connectivity index (χ4v) is 2.87. The van der Waals surface area contributed by atoms with Crippen LogP contribution in [0.3, 0.4) is 0 Å². The van der Waals surface area contributed by atoms with Gasteiger partial charge in [0, 0.05) is 12.0 Å². The van der Waals surface area contributed by atoms with Crippen molar-refractivity contribution in [3.05, 3.63) is 65.7 Å². The van der Waals surface area contributed by atoms with Gasteiger partial charge in [-0.2, -0.15) is 0 Å². The van der Waals surface area contributed by atoms with Crippen molar-refractivity contribution in [3.63, 3.8) is 0 Å². The van der Waals surface area contributed by atoms with Gasteiger partial charge in [-0.3, -0.25) is 9.59 Å². The zero-order valence-corrected chi connectivity index (χ0v) is 16.4. The molecule has 0 bridgehead atoms. The third kappa shape index (κ3) is 9.36. The van der Waals surface area contributed by atoms with Gasteiger partial charge in [0.2, 0.25) is 6.29 Å². The molecule has 0 fully saturated rings. The molecule has 0 atom stereocenters. The van der Waals surface area contributed by atoms with E-state index in [1.807, 2.05) is 12.4 Å². The van der Waals surface area contributed by atoms with Gasteiger partial charge in [0.25, 0.3) is 0 Å². The number of hydrogen-bond donors (Lipinski definition) is 0. The number of esters is 1. The summed E-state index contributed by atoms with van der Waals surface area (Å²) < 4.78 is 10.9. The van der Waals surface area contributed by atoms with Crippen molar-refractivity contribution >= 4 is 12.3 Å². The van der Waals surface area contributed by atoms with Crippen molar-refractivity contribution in [2.45, 2.75) is 51.4 Å². The number of ether oxygens (including phenoxy) is 2. The Labute approximate surface area is 167 Å². The van der Waals surface area contributed by atoms with Crippen LogP contribution in [0.5, 0.6) is 5.75 Å². The minimum Gasteiger partial charge on any atom is -0.494 e. The van der Waals surface area contributed by atoms with Crippen molar-refractivity contribution in [2.75, 3.05) is 13.2 Å². The van der Waals surface area contributed by atoms with E-state index in [9.17, 15) is 9.59 Å². The molecule has 0 unspecified atom stereocenters. The smallest absolute Gasteiger partial charge is 0.305 e. The molecule has 0 aliphatic rings. The summed E-state index contributed by atoms with van der Waals surface area (Å²) in [6, 6.07) is 17.3. The number of benzene rings is 2. The summed E-state index contributed by atoms with van der Waals surface area (Å²) in [5, 5.41) is 0. The molecule has 0 amide bonds. The van der Waals surface area contributed by atoms with Crippen LogP contribution in [-0.2, 0) is 20.7 Å². The average molecular weight is 381 g/mol. The summed E-state index contributed by atoms with van der Waals surface area (Å²) >= 11 is 0. The van der Waals surface area contributed by atoms with Crippen LogP contribution in [0.1, 0.15) is 56.1 Å². The van der Waals surface area contributed by atoms with Crippen LogP contribution in [-0.4, -0.2) is 25.5 Å². The zero-order chi connectivity index (χ0) is 19.9. The molecule has 0 aliphatic carbocycles.